The number of hydrogen-bond acceptors (Lipinski definition) is 3. The Labute approximate surface area is 119 Å². The van der Waals surface area contributed by atoms with E-state index >= 15 is 0 Å². The van der Waals surface area contributed by atoms with Gasteiger partial charge in [0.05, 0.1) is 6.07 Å². The highest BCUT2D eigenvalue weighted by Crippen LogP contribution is 2.31. The lowest BCUT2D eigenvalue weighted by Crippen LogP contribution is -2.54. The molecule has 3 heteroatoms. The van der Waals surface area contributed by atoms with Crippen molar-refractivity contribution in [3.05, 3.63) is 0 Å². The molecule has 1 aliphatic carbocycles. The first-order valence-corrected chi connectivity index (χ1v) is 8.00. The summed E-state index contributed by atoms with van der Waals surface area (Å²) in [5, 5.41) is 13.1. The molecule has 0 saturated heterocycles. The third-order valence-electron chi connectivity index (χ3n) is 4.23. The number of nitrogens with one attached hydrogen (secondary N) is 1. The zero-order valence-electron chi connectivity index (χ0n) is 13.2. The molecule has 1 saturated carbocycles. The summed E-state index contributed by atoms with van der Waals surface area (Å²) < 4.78 is 0. The molecule has 0 heterocycles. The van der Waals surface area contributed by atoms with Crippen molar-refractivity contribution in [3.63, 3.8) is 0 Å². The van der Waals surface area contributed by atoms with Crippen LogP contribution in [0.2, 0.25) is 0 Å². The standard InChI is InChI=1S/C16H31N3/c1-5-7-11-19(6-2)15-9-8-10-16(12-15,13-17)18-14(3)4/h14-15,18H,5-12H2,1-4H3. The summed E-state index contributed by atoms with van der Waals surface area (Å²) in [5.74, 6) is 0. The van der Waals surface area contributed by atoms with Gasteiger partial charge in [0.25, 0.3) is 0 Å². The van der Waals surface area contributed by atoms with Crippen molar-refractivity contribution in [2.45, 2.75) is 83.8 Å². The van der Waals surface area contributed by atoms with E-state index in [4.69, 9.17) is 0 Å². The second-order valence-corrected chi connectivity index (χ2v) is 6.23. The second-order valence-electron chi connectivity index (χ2n) is 6.23. The van der Waals surface area contributed by atoms with Gasteiger partial charge in [-0.05, 0) is 59.0 Å². The van der Waals surface area contributed by atoms with Crippen LogP contribution in [0.15, 0.2) is 0 Å². The van der Waals surface area contributed by atoms with Gasteiger partial charge in [-0.1, -0.05) is 20.3 Å². The van der Waals surface area contributed by atoms with Gasteiger partial charge >= 0.3 is 0 Å². The van der Waals surface area contributed by atoms with E-state index in [0.717, 1.165) is 19.4 Å². The van der Waals surface area contributed by atoms with E-state index in [-0.39, 0.29) is 5.54 Å². The lowest BCUT2D eigenvalue weighted by atomic mass is 9.78. The summed E-state index contributed by atoms with van der Waals surface area (Å²) >= 11 is 0. The maximum absolute atomic E-state index is 9.61. The Kier molecular flexibility index (Phi) is 6.82. The Balaban J connectivity index is 2.68. The van der Waals surface area contributed by atoms with Crippen molar-refractivity contribution in [2.24, 2.45) is 0 Å². The fraction of sp³-hybridized carbons (Fsp3) is 0.938. The van der Waals surface area contributed by atoms with Gasteiger partial charge in [0.15, 0.2) is 0 Å². The Morgan fingerprint density at radius 1 is 1.42 bits per heavy atom. The van der Waals surface area contributed by atoms with Crippen LogP contribution in [0.25, 0.3) is 0 Å². The fourth-order valence-electron chi connectivity index (χ4n) is 3.34. The maximum Gasteiger partial charge on any atom is 0.108 e. The van der Waals surface area contributed by atoms with Crippen LogP contribution in [-0.2, 0) is 0 Å². The summed E-state index contributed by atoms with van der Waals surface area (Å²) in [7, 11) is 0. The molecule has 3 nitrogen and oxygen atoms in total. The minimum Gasteiger partial charge on any atom is -0.301 e. The Bertz CT molecular complexity index is 295. The van der Waals surface area contributed by atoms with Crippen molar-refractivity contribution in [3.8, 4) is 6.07 Å². The minimum atomic E-state index is -0.295. The molecule has 1 aliphatic rings. The highest BCUT2D eigenvalue weighted by molar-refractivity contribution is 5.11. The summed E-state index contributed by atoms with van der Waals surface area (Å²) in [6.45, 7) is 11.0. The molecule has 19 heavy (non-hydrogen) atoms. The molecule has 0 amide bonds. The summed E-state index contributed by atoms with van der Waals surface area (Å²) in [6, 6.07) is 3.53. The maximum atomic E-state index is 9.61. The molecule has 2 atom stereocenters. The molecule has 0 aromatic rings. The van der Waals surface area contributed by atoms with Gasteiger partial charge in [-0.2, -0.15) is 5.26 Å². The molecule has 0 spiro atoms. The molecule has 0 radical (unpaired) electrons. The molecule has 1 fully saturated rings. The van der Waals surface area contributed by atoms with E-state index in [1.165, 1.54) is 32.2 Å². The monoisotopic (exact) mass is 265 g/mol. The van der Waals surface area contributed by atoms with Gasteiger partial charge in [-0.25, -0.2) is 0 Å². The van der Waals surface area contributed by atoms with E-state index in [9.17, 15) is 5.26 Å². The normalized spacial score (nSPS) is 27.7. The lowest BCUT2D eigenvalue weighted by Gasteiger charge is -2.42. The molecule has 0 aliphatic heterocycles. The number of unbranched alkanes of at least 4 members (excludes halogenated alkanes) is 1. The second kappa shape index (κ2) is 7.87. The van der Waals surface area contributed by atoms with Crippen LogP contribution in [0, 0.1) is 11.3 Å². The van der Waals surface area contributed by atoms with Gasteiger partial charge in [0.1, 0.15) is 5.54 Å². The van der Waals surface area contributed by atoms with Crippen LogP contribution >= 0.6 is 0 Å². The average molecular weight is 265 g/mol. The van der Waals surface area contributed by atoms with E-state index in [2.05, 4.69) is 44.0 Å². The van der Waals surface area contributed by atoms with Gasteiger partial charge in [-0.3, -0.25) is 5.32 Å². The first-order valence-electron chi connectivity index (χ1n) is 8.00. The zero-order valence-corrected chi connectivity index (χ0v) is 13.2. The minimum absolute atomic E-state index is 0.295. The van der Waals surface area contributed by atoms with Gasteiger partial charge in [-0.15, -0.1) is 0 Å². The predicted molar refractivity (Wildman–Crippen MR) is 81.0 cm³/mol. The van der Waals surface area contributed by atoms with Gasteiger partial charge in [0, 0.05) is 12.1 Å². The van der Waals surface area contributed by atoms with Gasteiger partial charge in [0.2, 0.25) is 0 Å². The average Bonchev–Trinajstić information content (AvgIpc) is 2.39. The molecule has 1 rings (SSSR count). The zero-order chi connectivity index (χ0) is 14.3. The number of hydrogen-bond donors (Lipinski definition) is 1. The SMILES string of the molecule is CCCCN(CC)C1CCCC(C#N)(NC(C)C)C1. The van der Waals surface area contributed by atoms with E-state index < -0.39 is 0 Å². The Hall–Kier alpha value is -0.590. The molecular weight excluding hydrogens is 234 g/mol. The molecule has 0 aromatic carbocycles. The topological polar surface area (TPSA) is 39.1 Å². The molecule has 0 aromatic heterocycles. The molecular formula is C16H31N3. The van der Waals surface area contributed by atoms with Crippen molar-refractivity contribution in [1.82, 2.24) is 10.2 Å². The van der Waals surface area contributed by atoms with Crippen molar-refractivity contribution in [2.75, 3.05) is 13.1 Å². The number of nitriles is 1. The molecule has 1 N–H and O–H groups in total. The molecule has 0 bridgehead atoms. The van der Waals surface area contributed by atoms with E-state index in [1.54, 1.807) is 0 Å². The lowest BCUT2D eigenvalue weighted by molar-refractivity contribution is 0.120. The van der Waals surface area contributed by atoms with Crippen molar-refractivity contribution in [1.29, 1.82) is 5.26 Å². The van der Waals surface area contributed by atoms with E-state index in [1.807, 2.05) is 0 Å². The highest BCUT2D eigenvalue weighted by atomic mass is 15.2. The first kappa shape index (κ1) is 16.5. The first-order chi connectivity index (χ1) is 9.06. The molecule has 2 unspecified atom stereocenters. The third-order valence-corrected chi connectivity index (χ3v) is 4.23. The predicted octanol–water partition coefficient (Wildman–Crippen LogP) is 3.31. The van der Waals surface area contributed by atoms with Crippen LogP contribution in [0.4, 0.5) is 0 Å². The van der Waals surface area contributed by atoms with Crippen molar-refractivity contribution < 1.29 is 0 Å². The fourth-order valence-corrected chi connectivity index (χ4v) is 3.34. The van der Waals surface area contributed by atoms with Crippen LogP contribution in [0.1, 0.15) is 66.2 Å². The summed E-state index contributed by atoms with van der Waals surface area (Å²) in [6.07, 6.45) is 6.92. The van der Waals surface area contributed by atoms with Gasteiger partial charge < -0.3 is 4.90 Å². The third kappa shape index (κ3) is 4.78. The number of nitrogens with zero attached hydrogens (tertiary/aromatic N) is 2. The highest BCUT2D eigenvalue weighted by Gasteiger charge is 2.38. The van der Waals surface area contributed by atoms with Crippen molar-refractivity contribution >= 4 is 0 Å². The summed E-state index contributed by atoms with van der Waals surface area (Å²) in [4.78, 5) is 2.58. The largest absolute Gasteiger partial charge is 0.301 e. The van der Waals surface area contributed by atoms with E-state index in [0.29, 0.717) is 12.1 Å². The van der Waals surface area contributed by atoms with Crippen LogP contribution in [0.3, 0.4) is 0 Å². The Morgan fingerprint density at radius 3 is 2.68 bits per heavy atom. The number of rotatable bonds is 7. The molecule has 110 valence electrons. The van der Waals surface area contributed by atoms with Crippen LogP contribution < -0.4 is 5.32 Å². The Morgan fingerprint density at radius 2 is 2.16 bits per heavy atom. The summed E-state index contributed by atoms with van der Waals surface area (Å²) in [5.41, 5.74) is -0.295. The quantitative estimate of drug-likeness (QED) is 0.767. The smallest absolute Gasteiger partial charge is 0.108 e. The van der Waals surface area contributed by atoms with Crippen LogP contribution in [0.5, 0.6) is 0 Å². The van der Waals surface area contributed by atoms with Crippen LogP contribution in [-0.4, -0.2) is 35.6 Å².